The zero-order valence-corrected chi connectivity index (χ0v) is 32.6. The maximum atomic E-state index is 14.9. The Hall–Kier alpha value is -4.29. The van der Waals surface area contributed by atoms with Crippen LogP contribution < -0.4 is 9.80 Å². The smallest absolute Gasteiger partial charge is 0.188 e. The monoisotopic (exact) mass is 703 g/mol. The van der Waals surface area contributed by atoms with Crippen molar-refractivity contribution < 1.29 is 8.42 Å². The van der Waals surface area contributed by atoms with Gasteiger partial charge in [0.25, 0.3) is 0 Å². The fourth-order valence-corrected chi connectivity index (χ4v) is 8.87. The lowest BCUT2D eigenvalue weighted by Crippen LogP contribution is -2.21. The molecule has 0 radical (unpaired) electrons. The summed E-state index contributed by atoms with van der Waals surface area (Å²) in [6.45, 7) is 13.4. The van der Waals surface area contributed by atoms with E-state index in [1.54, 1.807) is 12.1 Å². The number of aryl methyl sites for hydroxylation is 2. The number of unbranched alkanes of at least 4 members (excludes halogenated alkanes) is 5. The van der Waals surface area contributed by atoms with Gasteiger partial charge in [-0.05, 0) is 93.3 Å². The highest BCUT2D eigenvalue weighted by atomic mass is 32.2. The largest absolute Gasteiger partial charge is 0.378 e. The fraction of sp³-hybridized carbons (Fsp3) is 0.378. The highest BCUT2D eigenvalue weighted by Crippen LogP contribution is 2.41. The third-order valence-corrected chi connectivity index (χ3v) is 12.3. The van der Waals surface area contributed by atoms with Crippen molar-refractivity contribution in [2.24, 2.45) is 0 Å². The maximum absolute atomic E-state index is 14.9. The number of sulfone groups is 1. The van der Waals surface area contributed by atoms with Gasteiger partial charge in [-0.2, -0.15) is 0 Å². The zero-order valence-electron chi connectivity index (χ0n) is 31.8. The predicted molar refractivity (Wildman–Crippen MR) is 219 cm³/mol. The number of hydrogen-bond donors (Lipinski definition) is 0. The number of benzene rings is 4. The standard InChI is InChI=1S/C45H57N3O2S/c1-8-11-12-13-14-17-32-48-35(5)45(41-18-15-16-19-43(41)48)42(36-22-26-38(27-23-36)46(6)7)33-44(51(49,50)40-30-20-34(4)21-31-40)37-24-28-39(29-25-37)47(9-2)10-3/h15-16,18-31,33,44H,8-14,17,32H2,1-7H3. The van der Waals surface area contributed by atoms with E-state index in [9.17, 15) is 8.42 Å². The van der Waals surface area contributed by atoms with Crippen LogP contribution in [0.15, 0.2) is 108 Å². The van der Waals surface area contributed by atoms with Crippen LogP contribution in [-0.2, 0) is 16.4 Å². The number of hydrogen-bond acceptors (Lipinski definition) is 4. The van der Waals surface area contributed by atoms with Gasteiger partial charge >= 0.3 is 0 Å². The molecule has 1 aromatic heterocycles. The second-order valence-electron chi connectivity index (χ2n) is 14.0. The van der Waals surface area contributed by atoms with E-state index in [4.69, 9.17) is 0 Å². The molecule has 51 heavy (non-hydrogen) atoms. The van der Waals surface area contributed by atoms with Crippen molar-refractivity contribution in [3.8, 4) is 0 Å². The first-order chi connectivity index (χ1) is 24.6. The van der Waals surface area contributed by atoms with Gasteiger partial charge < -0.3 is 14.4 Å². The Morgan fingerprint density at radius 1 is 0.725 bits per heavy atom. The number of para-hydroxylation sites is 1. The average molecular weight is 704 g/mol. The summed E-state index contributed by atoms with van der Waals surface area (Å²) in [6.07, 6.45) is 9.43. The van der Waals surface area contributed by atoms with Crippen LogP contribution in [0.3, 0.4) is 0 Å². The van der Waals surface area contributed by atoms with Gasteiger partial charge in [-0.1, -0.05) is 105 Å². The molecular weight excluding hydrogens is 647 g/mol. The van der Waals surface area contributed by atoms with E-state index in [-0.39, 0.29) is 0 Å². The molecule has 0 amide bonds. The van der Waals surface area contributed by atoms with Gasteiger partial charge in [0.1, 0.15) is 5.25 Å². The lowest BCUT2D eigenvalue weighted by molar-refractivity contribution is 0.560. The molecule has 0 aliphatic carbocycles. The summed E-state index contributed by atoms with van der Waals surface area (Å²) >= 11 is 0. The Balaban J connectivity index is 1.73. The van der Waals surface area contributed by atoms with Crippen LogP contribution in [0, 0.1) is 13.8 Å². The number of nitrogens with zero attached hydrogens (tertiary/aromatic N) is 3. The van der Waals surface area contributed by atoms with E-state index in [1.807, 2.05) is 51.4 Å². The summed E-state index contributed by atoms with van der Waals surface area (Å²) < 4.78 is 32.2. The van der Waals surface area contributed by atoms with Gasteiger partial charge in [-0.25, -0.2) is 8.42 Å². The van der Waals surface area contributed by atoms with E-state index in [1.165, 1.54) is 37.6 Å². The molecule has 4 aromatic carbocycles. The molecule has 6 heteroatoms. The lowest BCUT2D eigenvalue weighted by atomic mass is 9.93. The third-order valence-electron chi connectivity index (χ3n) is 10.3. The van der Waals surface area contributed by atoms with Crippen LogP contribution in [0.2, 0.25) is 0 Å². The summed E-state index contributed by atoms with van der Waals surface area (Å²) in [5.41, 5.74) is 9.34. The van der Waals surface area contributed by atoms with Gasteiger partial charge in [0.15, 0.2) is 9.84 Å². The van der Waals surface area contributed by atoms with Crippen LogP contribution in [0.1, 0.15) is 92.5 Å². The normalized spacial score (nSPS) is 12.7. The molecular formula is C45H57N3O2S. The van der Waals surface area contributed by atoms with Crippen molar-refractivity contribution in [1.29, 1.82) is 0 Å². The van der Waals surface area contributed by atoms with E-state index in [0.29, 0.717) is 4.90 Å². The molecule has 0 saturated carbocycles. The zero-order chi connectivity index (χ0) is 36.5. The highest BCUT2D eigenvalue weighted by Gasteiger charge is 2.30. The summed E-state index contributed by atoms with van der Waals surface area (Å²) in [5.74, 6) is 0. The molecule has 1 unspecified atom stereocenters. The van der Waals surface area contributed by atoms with Crippen molar-refractivity contribution in [3.63, 3.8) is 0 Å². The van der Waals surface area contributed by atoms with Crippen molar-refractivity contribution >= 4 is 37.7 Å². The lowest BCUT2D eigenvalue weighted by Gasteiger charge is -2.23. The summed E-state index contributed by atoms with van der Waals surface area (Å²) in [4.78, 5) is 4.70. The minimum absolute atomic E-state index is 0.326. The van der Waals surface area contributed by atoms with E-state index < -0.39 is 15.1 Å². The van der Waals surface area contributed by atoms with E-state index in [0.717, 1.165) is 76.3 Å². The van der Waals surface area contributed by atoms with E-state index in [2.05, 4.69) is 103 Å². The van der Waals surface area contributed by atoms with Gasteiger partial charge in [0.2, 0.25) is 0 Å². The molecule has 270 valence electrons. The minimum Gasteiger partial charge on any atom is -0.378 e. The Morgan fingerprint density at radius 2 is 1.33 bits per heavy atom. The molecule has 0 saturated heterocycles. The molecule has 5 rings (SSSR count). The molecule has 1 atom stereocenters. The molecule has 0 bridgehead atoms. The molecule has 1 heterocycles. The first kappa shape index (κ1) is 38.0. The quantitative estimate of drug-likeness (QED) is 0.0905. The summed E-state index contributed by atoms with van der Waals surface area (Å²) in [7, 11) is 0.242. The van der Waals surface area contributed by atoms with Crippen LogP contribution >= 0.6 is 0 Å². The van der Waals surface area contributed by atoms with Crippen LogP contribution in [0.25, 0.3) is 16.5 Å². The second kappa shape index (κ2) is 17.3. The second-order valence-corrected chi connectivity index (χ2v) is 16.0. The molecule has 5 nitrogen and oxygen atoms in total. The fourth-order valence-electron chi connectivity index (χ4n) is 7.23. The van der Waals surface area contributed by atoms with Gasteiger partial charge in [-0.3, -0.25) is 0 Å². The van der Waals surface area contributed by atoms with Gasteiger partial charge in [0.05, 0.1) is 4.90 Å². The van der Waals surface area contributed by atoms with Crippen molar-refractivity contribution in [2.75, 3.05) is 37.0 Å². The Labute approximate surface area is 307 Å². The molecule has 0 aliphatic rings. The van der Waals surface area contributed by atoms with Crippen LogP contribution in [-0.4, -0.2) is 40.2 Å². The number of fused-ring (bicyclic) bond motifs is 1. The molecule has 0 fully saturated rings. The minimum atomic E-state index is -3.84. The number of rotatable bonds is 17. The van der Waals surface area contributed by atoms with Crippen LogP contribution in [0.4, 0.5) is 11.4 Å². The molecule has 0 aliphatic heterocycles. The predicted octanol–water partition coefficient (Wildman–Crippen LogP) is 11.2. The van der Waals surface area contributed by atoms with E-state index >= 15 is 0 Å². The molecule has 5 aromatic rings. The SMILES string of the molecule is CCCCCCCCn1c(C)c(C(=CC(c2ccc(N(CC)CC)cc2)S(=O)(=O)c2ccc(C)cc2)c2ccc(N(C)C)cc2)c2ccccc21. The number of aromatic nitrogens is 1. The molecule has 0 N–H and O–H groups in total. The topological polar surface area (TPSA) is 45.6 Å². The first-order valence-electron chi connectivity index (χ1n) is 18.8. The summed E-state index contributed by atoms with van der Waals surface area (Å²) in [6, 6.07) is 32.5. The Morgan fingerprint density at radius 3 is 1.96 bits per heavy atom. The Bertz CT molecular complexity index is 2000. The van der Waals surface area contributed by atoms with Crippen LogP contribution in [0.5, 0.6) is 0 Å². The van der Waals surface area contributed by atoms with Gasteiger partial charge in [0, 0.05) is 67.3 Å². The third kappa shape index (κ3) is 8.61. The van der Waals surface area contributed by atoms with Gasteiger partial charge in [-0.15, -0.1) is 0 Å². The highest BCUT2D eigenvalue weighted by molar-refractivity contribution is 7.91. The summed E-state index contributed by atoms with van der Waals surface area (Å²) in [5, 5.41) is 0.238. The van der Waals surface area contributed by atoms with Crippen molar-refractivity contribution in [1.82, 2.24) is 4.57 Å². The first-order valence-corrected chi connectivity index (χ1v) is 20.4. The number of anilines is 2. The average Bonchev–Trinajstić information content (AvgIpc) is 3.41. The maximum Gasteiger partial charge on any atom is 0.188 e. The van der Waals surface area contributed by atoms with Crippen molar-refractivity contribution in [3.05, 3.63) is 131 Å². The molecule has 0 spiro atoms. The van der Waals surface area contributed by atoms with Crippen molar-refractivity contribution in [2.45, 2.75) is 89.8 Å². The Kier molecular flexibility index (Phi) is 12.9.